The third kappa shape index (κ3) is 5.74. The molecule has 150 valence electrons. The number of anilines is 2. The fourth-order valence-corrected chi connectivity index (χ4v) is 4.11. The molecule has 0 saturated carbocycles. The van der Waals surface area contributed by atoms with Crippen LogP contribution in [0.1, 0.15) is 13.3 Å². The van der Waals surface area contributed by atoms with E-state index in [1.165, 1.54) is 6.07 Å². The van der Waals surface area contributed by atoms with Gasteiger partial charge in [-0.05, 0) is 36.8 Å². The Kier molecular flexibility index (Phi) is 7.48. The van der Waals surface area contributed by atoms with E-state index >= 15 is 0 Å². The maximum atomic E-state index is 12.9. The number of rotatable bonds is 9. The van der Waals surface area contributed by atoms with Gasteiger partial charge >= 0.3 is 0 Å². The van der Waals surface area contributed by atoms with E-state index in [1.807, 2.05) is 0 Å². The van der Waals surface area contributed by atoms with E-state index in [4.69, 9.17) is 16.3 Å². The fourth-order valence-electron chi connectivity index (χ4n) is 2.72. The fraction of sp³-hybridized carbons (Fsp3) is 0.250. The molecule has 2 aromatic rings. The van der Waals surface area contributed by atoms with Crippen molar-refractivity contribution in [1.82, 2.24) is 0 Å². The summed E-state index contributed by atoms with van der Waals surface area (Å²) in [5.41, 5.74) is 0.838. The molecule has 2 aromatic carbocycles. The van der Waals surface area contributed by atoms with Crippen LogP contribution in [-0.2, 0) is 14.8 Å². The van der Waals surface area contributed by atoms with Gasteiger partial charge in [0.25, 0.3) is 0 Å². The molecule has 6 nitrogen and oxygen atoms in total. The predicted octanol–water partition coefficient (Wildman–Crippen LogP) is 4.09. The summed E-state index contributed by atoms with van der Waals surface area (Å²) in [6, 6.07) is 12.3. The Labute approximate surface area is 170 Å². The van der Waals surface area contributed by atoms with Crippen LogP contribution in [-0.4, -0.2) is 33.2 Å². The van der Waals surface area contributed by atoms with E-state index in [0.717, 1.165) is 10.6 Å². The molecule has 0 radical (unpaired) electrons. The van der Waals surface area contributed by atoms with Gasteiger partial charge in [0.15, 0.2) is 0 Å². The standard InChI is InChI=1S/C20H23ClN2O4S/c1-4-12-27-18-11-7-9-16(14-18)22-20(24)19(5-2)23(28(3,25)26)17-10-6-8-15(21)13-17/h4,6-11,13-14,19H,1,5,12H2,2-3H3,(H,22,24)/t19-/m1/s1. The Morgan fingerprint density at radius 2 is 2.00 bits per heavy atom. The van der Waals surface area contributed by atoms with Gasteiger partial charge in [-0.25, -0.2) is 8.42 Å². The maximum absolute atomic E-state index is 12.9. The van der Waals surface area contributed by atoms with E-state index in [9.17, 15) is 13.2 Å². The minimum atomic E-state index is -3.73. The number of carbonyl (C=O) groups is 1. The SMILES string of the molecule is C=CCOc1cccc(NC(=O)[C@@H](CC)N(c2cccc(Cl)c2)S(C)(=O)=O)c1. The van der Waals surface area contributed by atoms with Crippen LogP contribution in [0.15, 0.2) is 61.2 Å². The molecule has 0 aliphatic heterocycles. The van der Waals surface area contributed by atoms with Crippen molar-refractivity contribution in [2.45, 2.75) is 19.4 Å². The van der Waals surface area contributed by atoms with Gasteiger partial charge in [0, 0.05) is 16.8 Å². The highest BCUT2D eigenvalue weighted by Crippen LogP contribution is 2.26. The second kappa shape index (κ2) is 9.61. The first-order chi connectivity index (χ1) is 13.3. The number of hydrogen-bond acceptors (Lipinski definition) is 4. The van der Waals surface area contributed by atoms with E-state index in [-0.39, 0.29) is 6.42 Å². The predicted molar refractivity (Wildman–Crippen MR) is 114 cm³/mol. The number of hydrogen-bond donors (Lipinski definition) is 1. The number of sulfonamides is 1. The molecule has 0 heterocycles. The summed E-state index contributed by atoms with van der Waals surface area (Å²) in [4.78, 5) is 12.9. The van der Waals surface area contributed by atoms with Gasteiger partial charge in [-0.2, -0.15) is 0 Å². The van der Waals surface area contributed by atoms with Crippen LogP contribution >= 0.6 is 11.6 Å². The van der Waals surface area contributed by atoms with Crippen molar-refractivity contribution in [1.29, 1.82) is 0 Å². The molecular weight excluding hydrogens is 400 g/mol. The molecule has 0 aliphatic rings. The third-order valence-corrected chi connectivity index (χ3v) is 5.28. The van der Waals surface area contributed by atoms with Crippen LogP contribution in [0, 0.1) is 0 Å². The third-order valence-electron chi connectivity index (χ3n) is 3.86. The van der Waals surface area contributed by atoms with Gasteiger partial charge in [-0.15, -0.1) is 0 Å². The molecule has 28 heavy (non-hydrogen) atoms. The summed E-state index contributed by atoms with van der Waals surface area (Å²) in [5, 5.41) is 3.15. The topological polar surface area (TPSA) is 75.7 Å². The van der Waals surface area contributed by atoms with E-state index < -0.39 is 22.0 Å². The van der Waals surface area contributed by atoms with Crippen molar-refractivity contribution < 1.29 is 17.9 Å². The zero-order valence-corrected chi connectivity index (χ0v) is 17.3. The normalized spacial score (nSPS) is 12.1. The summed E-state index contributed by atoms with van der Waals surface area (Å²) in [6.07, 6.45) is 2.96. The lowest BCUT2D eigenvalue weighted by molar-refractivity contribution is -0.117. The highest BCUT2D eigenvalue weighted by atomic mass is 35.5. The number of ether oxygens (including phenoxy) is 1. The summed E-state index contributed by atoms with van der Waals surface area (Å²) in [7, 11) is -3.73. The molecule has 0 saturated heterocycles. The van der Waals surface area contributed by atoms with Crippen molar-refractivity contribution in [2.24, 2.45) is 0 Å². The molecule has 0 unspecified atom stereocenters. The number of benzene rings is 2. The smallest absolute Gasteiger partial charge is 0.248 e. The molecule has 0 aliphatic carbocycles. The van der Waals surface area contributed by atoms with Gasteiger partial charge in [-0.1, -0.05) is 43.3 Å². The van der Waals surface area contributed by atoms with Crippen molar-refractivity contribution in [2.75, 3.05) is 22.5 Å². The molecule has 0 aromatic heterocycles. The first-order valence-corrected chi connectivity index (χ1v) is 10.9. The van der Waals surface area contributed by atoms with Crippen LogP contribution in [0.4, 0.5) is 11.4 Å². The lowest BCUT2D eigenvalue weighted by atomic mass is 10.1. The van der Waals surface area contributed by atoms with Crippen molar-refractivity contribution in [3.8, 4) is 5.75 Å². The van der Waals surface area contributed by atoms with Crippen molar-refractivity contribution >= 4 is 38.9 Å². The highest BCUT2D eigenvalue weighted by Gasteiger charge is 2.31. The number of nitrogens with zero attached hydrogens (tertiary/aromatic N) is 1. The van der Waals surface area contributed by atoms with Crippen LogP contribution in [0.2, 0.25) is 5.02 Å². The molecule has 0 fully saturated rings. The van der Waals surface area contributed by atoms with E-state index in [2.05, 4.69) is 11.9 Å². The van der Waals surface area contributed by atoms with E-state index in [1.54, 1.807) is 55.5 Å². The molecule has 0 spiro atoms. The Hall–Kier alpha value is -2.51. The zero-order chi connectivity index (χ0) is 20.7. The molecule has 1 atom stereocenters. The molecule has 0 bridgehead atoms. The lowest BCUT2D eigenvalue weighted by Gasteiger charge is -2.30. The Morgan fingerprint density at radius 3 is 2.61 bits per heavy atom. The molecule has 1 N–H and O–H groups in total. The average Bonchev–Trinajstić information content (AvgIpc) is 2.63. The zero-order valence-electron chi connectivity index (χ0n) is 15.8. The minimum Gasteiger partial charge on any atom is -0.489 e. The second-order valence-corrected chi connectivity index (χ2v) is 8.38. The number of nitrogens with one attached hydrogen (secondary N) is 1. The molecule has 8 heteroatoms. The van der Waals surface area contributed by atoms with E-state index in [0.29, 0.717) is 28.8 Å². The monoisotopic (exact) mass is 422 g/mol. The number of halogens is 1. The van der Waals surface area contributed by atoms with Gasteiger partial charge in [0.2, 0.25) is 15.9 Å². The molecule has 1 amide bonds. The molecule has 2 rings (SSSR count). The van der Waals surface area contributed by atoms with Crippen LogP contribution in [0.5, 0.6) is 5.75 Å². The van der Waals surface area contributed by atoms with Gasteiger partial charge in [-0.3, -0.25) is 9.10 Å². The maximum Gasteiger partial charge on any atom is 0.248 e. The summed E-state index contributed by atoms with van der Waals surface area (Å²) < 4.78 is 31.4. The quantitative estimate of drug-likeness (QED) is 0.617. The first kappa shape index (κ1) is 21.8. The van der Waals surface area contributed by atoms with Crippen LogP contribution < -0.4 is 14.4 Å². The lowest BCUT2D eigenvalue weighted by Crippen LogP contribution is -2.47. The second-order valence-electron chi connectivity index (χ2n) is 6.08. The Morgan fingerprint density at radius 1 is 1.29 bits per heavy atom. The highest BCUT2D eigenvalue weighted by molar-refractivity contribution is 7.92. The van der Waals surface area contributed by atoms with Crippen molar-refractivity contribution in [3.63, 3.8) is 0 Å². The van der Waals surface area contributed by atoms with Crippen LogP contribution in [0.25, 0.3) is 0 Å². The number of amides is 1. The van der Waals surface area contributed by atoms with Crippen molar-refractivity contribution in [3.05, 3.63) is 66.2 Å². The van der Waals surface area contributed by atoms with Crippen LogP contribution in [0.3, 0.4) is 0 Å². The molecular formula is C20H23ClN2O4S. The summed E-state index contributed by atoms with van der Waals surface area (Å²) in [5.74, 6) is 0.120. The Bertz CT molecular complexity index is 947. The largest absolute Gasteiger partial charge is 0.489 e. The Balaban J connectivity index is 2.31. The van der Waals surface area contributed by atoms with Gasteiger partial charge < -0.3 is 10.1 Å². The summed E-state index contributed by atoms with van der Waals surface area (Å²) in [6.45, 7) is 5.68. The van der Waals surface area contributed by atoms with Gasteiger partial charge in [0.1, 0.15) is 18.4 Å². The summed E-state index contributed by atoms with van der Waals surface area (Å²) >= 11 is 6.01. The van der Waals surface area contributed by atoms with Gasteiger partial charge in [0.05, 0.1) is 11.9 Å². The number of carbonyl (C=O) groups excluding carboxylic acids is 1. The average molecular weight is 423 g/mol. The first-order valence-electron chi connectivity index (χ1n) is 8.66. The minimum absolute atomic E-state index is 0.276.